The van der Waals surface area contributed by atoms with Crippen molar-refractivity contribution in [2.75, 3.05) is 13.8 Å². The summed E-state index contributed by atoms with van der Waals surface area (Å²) in [5.74, 6) is 0. The first-order valence-corrected chi connectivity index (χ1v) is 2.88. The van der Waals surface area contributed by atoms with Crippen LogP contribution in [0.25, 0.3) is 4.85 Å². The first-order valence-electron chi connectivity index (χ1n) is 1.78. The maximum absolute atomic E-state index is 10.1. The minimum Gasteiger partial charge on any atom is -0.281 e. The maximum atomic E-state index is 10.1. The Morgan fingerprint density at radius 1 is 1.88 bits per heavy atom. The predicted molar refractivity (Wildman–Crippen MR) is 27.2 cm³/mol. The van der Waals surface area contributed by atoms with E-state index in [1.54, 1.807) is 0 Å². The van der Waals surface area contributed by atoms with Crippen LogP contribution in [0.15, 0.2) is 0 Å². The number of hydrogen-bond donors (Lipinski definition) is 0. The van der Waals surface area contributed by atoms with Crippen molar-refractivity contribution in [2.24, 2.45) is 0 Å². The van der Waals surface area contributed by atoms with E-state index in [4.69, 9.17) is 6.57 Å². The van der Waals surface area contributed by atoms with E-state index < -0.39 is 8.25 Å². The molecule has 0 aliphatic rings. The highest BCUT2D eigenvalue weighted by Gasteiger charge is 2.17. The van der Waals surface area contributed by atoms with Crippen LogP contribution >= 0.6 is 8.25 Å². The highest BCUT2D eigenvalue weighted by atomic mass is 31.1. The van der Waals surface area contributed by atoms with Gasteiger partial charge in [-0.15, -0.1) is 4.52 Å². The Hall–Kier alpha value is -0.490. The third-order valence-corrected chi connectivity index (χ3v) is 1.00. The van der Waals surface area contributed by atoms with Crippen LogP contribution in [0.1, 0.15) is 0 Å². The fourth-order valence-corrected chi connectivity index (χ4v) is 0.386. The van der Waals surface area contributed by atoms with E-state index in [2.05, 4.69) is 13.9 Å². The van der Waals surface area contributed by atoms with E-state index in [0.29, 0.717) is 0 Å². The summed E-state index contributed by atoms with van der Waals surface area (Å²) in [7, 11) is -0.795. The van der Waals surface area contributed by atoms with Gasteiger partial charge in [-0.05, 0) is 4.52 Å². The number of nitrogens with zero attached hydrogens (tertiary/aromatic N) is 1. The lowest BCUT2D eigenvalue weighted by atomic mass is 11.3. The highest BCUT2D eigenvalue weighted by Crippen LogP contribution is 2.20. The molecule has 0 aromatic heterocycles. The van der Waals surface area contributed by atoms with Crippen molar-refractivity contribution < 1.29 is 13.6 Å². The molecule has 0 saturated heterocycles. The van der Waals surface area contributed by atoms with Crippen molar-refractivity contribution in [3.63, 3.8) is 0 Å². The zero-order valence-electron chi connectivity index (χ0n) is 4.33. The Morgan fingerprint density at radius 3 is 2.88 bits per heavy atom. The molecule has 0 spiro atoms. The van der Waals surface area contributed by atoms with Gasteiger partial charge in [0.25, 0.3) is 0 Å². The van der Waals surface area contributed by atoms with Crippen molar-refractivity contribution in [3.8, 4) is 0 Å². The summed E-state index contributed by atoms with van der Waals surface area (Å²) in [6.07, 6.45) is 0. The first kappa shape index (κ1) is 7.51. The maximum Gasteiger partial charge on any atom is 0.704 e. The molecule has 1 atom stereocenters. The third-order valence-electron chi connectivity index (χ3n) is 0.377. The molecule has 0 aliphatic carbocycles. The largest absolute Gasteiger partial charge is 0.704 e. The molecule has 4 nitrogen and oxygen atoms in total. The summed E-state index contributed by atoms with van der Waals surface area (Å²) < 4.78 is 18.6. The monoisotopic (exact) mass is 134 g/mol. The van der Waals surface area contributed by atoms with Crippen LogP contribution in [0.4, 0.5) is 0 Å². The molecule has 8 heavy (non-hydrogen) atoms. The Balaban J connectivity index is 3.15. The molecule has 1 unspecified atom stereocenters. The Labute approximate surface area is 48.2 Å². The van der Waals surface area contributed by atoms with Gasteiger partial charge in [-0.1, -0.05) is 0 Å². The molecule has 0 aromatic carbocycles. The van der Waals surface area contributed by atoms with E-state index in [0.717, 1.165) is 0 Å². The molecule has 0 bridgehead atoms. The van der Waals surface area contributed by atoms with Gasteiger partial charge >= 0.3 is 15.0 Å². The first-order chi connectivity index (χ1) is 3.81. The highest BCUT2D eigenvalue weighted by molar-refractivity contribution is 7.33. The molecule has 0 rings (SSSR count). The molecule has 0 fully saturated rings. The van der Waals surface area contributed by atoms with Crippen LogP contribution in [0.3, 0.4) is 0 Å². The second kappa shape index (κ2) is 4.66. The lowest BCUT2D eigenvalue weighted by molar-refractivity contribution is 0.279. The topological polar surface area (TPSA) is 39.9 Å². The fraction of sp³-hybridized carbons (Fsp3) is 0.667. The summed E-state index contributed by atoms with van der Waals surface area (Å²) in [5, 5.41) is 0. The molecule has 0 radical (unpaired) electrons. The molecule has 5 heteroatoms. The minimum absolute atomic E-state index is 0.205. The lowest BCUT2D eigenvalue weighted by Gasteiger charge is -1.71. The van der Waals surface area contributed by atoms with Gasteiger partial charge in [0, 0.05) is 4.57 Å². The standard InChI is InChI=1S/C3H5NO3P/c1-4-3-7-8(5)6-2/h3H2,2H3/q+1. The molecular formula is C3H5NO3P+. The van der Waals surface area contributed by atoms with Crippen molar-refractivity contribution >= 4 is 8.25 Å². The van der Waals surface area contributed by atoms with Crippen LogP contribution in [0.2, 0.25) is 0 Å². The second-order valence-corrected chi connectivity index (χ2v) is 1.89. The van der Waals surface area contributed by atoms with Gasteiger partial charge in [0.1, 0.15) is 0 Å². The lowest BCUT2D eigenvalue weighted by Crippen LogP contribution is -1.77. The van der Waals surface area contributed by atoms with Crippen LogP contribution < -0.4 is 0 Å². The summed E-state index contributed by atoms with van der Waals surface area (Å²) in [5.41, 5.74) is 0. The molecule has 0 saturated carbocycles. The fourth-order valence-electron chi connectivity index (χ4n) is 0.129. The molecular weight excluding hydrogens is 129 g/mol. The smallest absolute Gasteiger partial charge is 0.281 e. The number of rotatable bonds is 3. The molecule has 0 heterocycles. The van der Waals surface area contributed by atoms with Gasteiger partial charge in [-0.3, -0.25) is 4.85 Å². The summed E-state index contributed by atoms with van der Waals surface area (Å²) in [6.45, 7) is 5.98. The second-order valence-electron chi connectivity index (χ2n) is 0.822. The minimum atomic E-state index is -2.05. The van der Waals surface area contributed by atoms with E-state index in [9.17, 15) is 4.57 Å². The Kier molecular flexibility index (Phi) is 4.38. The summed E-state index contributed by atoms with van der Waals surface area (Å²) in [6, 6.07) is 0. The van der Waals surface area contributed by atoms with E-state index in [-0.39, 0.29) is 6.73 Å². The average molecular weight is 134 g/mol. The SMILES string of the molecule is [C-]#[N+]CO[P+](=O)OC. The van der Waals surface area contributed by atoms with Crippen LogP contribution in [-0.2, 0) is 13.6 Å². The van der Waals surface area contributed by atoms with Gasteiger partial charge < -0.3 is 0 Å². The van der Waals surface area contributed by atoms with Gasteiger partial charge in [0.05, 0.1) is 7.11 Å². The molecule has 0 amide bonds. The van der Waals surface area contributed by atoms with Crippen molar-refractivity contribution in [2.45, 2.75) is 0 Å². The summed E-state index contributed by atoms with van der Waals surface area (Å²) in [4.78, 5) is 2.79. The molecule has 0 N–H and O–H groups in total. The Morgan fingerprint density at radius 2 is 2.50 bits per heavy atom. The predicted octanol–water partition coefficient (Wildman–Crippen LogP) is 1.18. The number of hydrogen-bond acceptors (Lipinski definition) is 3. The van der Waals surface area contributed by atoms with Crippen LogP contribution in [-0.4, -0.2) is 13.8 Å². The quantitative estimate of drug-likeness (QED) is 0.429. The van der Waals surface area contributed by atoms with Crippen LogP contribution in [0, 0.1) is 6.57 Å². The van der Waals surface area contributed by atoms with Crippen molar-refractivity contribution in [1.29, 1.82) is 0 Å². The van der Waals surface area contributed by atoms with Crippen molar-refractivity contribution in [3.05, 3.63) is 11.4 Å². The van der Waals surface area contributed by atoms with Gasteiger partial charge in [0.15, 0.2) is 0 Å². The van der Waals surface area contributed by atoms with Crippen molar-refractivity contribution in [1.82, 2.24) is 0 Å². The normalized spacial score (nSPS) is 10.2. The zero-order valence-corrected chi connectivity index (χ0v) is 5.22. The van der Waals surface area contributed by atoms with E-state index in [1.165, 1.54) is 7.11 Å². The third kappa shape index (κ3) is 3.69. The van der Waals surface area contributed by atoms with Crippen LogP contribution in [0.5, 0.6) is 0 Å². The average Bonchev–Trinajstić information content (AvgIpc) is 1.83. The summed E-state index contributed by atoms with van der Waals surface area (Å²) >= 11 is 0. The van der Waals surface area contributed by atoms with Gasteiger partial charge in [0.2, 0.25) is 0 Å². The molecule has 44 valence electrons. The Bertz CT molecular complexity index is 118. The molecule has 0 aromatic rings. The van der Waals surface area contributed by atoms with E-state index >= 15 is 0 Å². The van der Waals surface area contributed by atoms with Gasteiger partial charge in [-0.25, -0.2) is 6.57 Å². The zero-order chi connectivity index (χ0) is 6.41. The molecule has 0 aliphatic heterocycles. The van der Waals surface area contributed by atoms with Gasteiger partial charge in [-0.2, -0.15) is 0 Å². The van der Waals surface area contributed by atoms with E-state index in [1.807, 2.05) is 0 Å².